The highest BCUT2D eigenvalue weighted by molar-refractivity contribution is 5.77. The second-order valence-corrected chi connectivity index (χ2v) is 6.86. The lowest BCUT2D eigenvalue weighted by Gasteiger charge is -2.23. The van der Waals surface area contributed by atoms with E-state index in [9.17, 15) is 33.4 Å². The second kappa shape index (κ2) is 6.86. The highest BCUT2D eigenvalue weighted by Gasteiger charge is 2.32. The number of halogens is 3. The van der Waals surface area contributed by atoms with Crippen LogP contribution in [0.2, 0.25) is 0 Å². The summed E-state index contributed by atoms with van der Waals surface area (Å²) in [6.07, 6.45) is -4.58. The third-order valence-corrected chi connectivity index (χ3v) is 3.78. The highest BCUT2D eigenvalue weighted by atomic mass is 19.4. The molecule has 0 saturated carbocycles. The zero-order valence-electron chi connectivity index (χ0n) is 14.6. The maximum Gasteiger partial charge on any atom is 0.416 e. The summed E-state index contributed by atoms with van der Waals surface area (Å²) in [7, 11) is 0. The molecule has 0 spiro atoms. The molecule has 0 fully saturated rings. The molecule has 0 heterocycles. The van der Waals surface area contributed by atoms with E-state index < -0.39 is 38.4 Å². The molecule has 27 heavy (non-hydrogen) atoms. The first-order valence-electron chi connectivity index (χ1n) is 7.72. The molecule has 0 saturated heterocycles. The topological polar surface area (TPSA) is 98.3 Å². The molecule has 144 valence electrons. The fourth-order valence-electron chi connectivity index (χ4n) is 2.50. The Morgan fingerprint density at radius 1 is 0.963 bits per heavy atom. The number of nitrogens with one attached hydrogen (secondary N) is 1. The fraction of sp³-hybridized carbons (Fsp3) is 0.294. The molecule has 10 heteroatoms. The van der Waals surface area contributed by atoms with Gasteiger partial charge in [-0.15, -0.1) is 0 Å². The summed E-state index contributed by atoms with van der Waals surface area (Å²) in [6.45, 7) is 5.06. The Morgan fingerprint density at radius 2 is 1.59 bits per heavy atom. The van der Waals surface area contributed by atoms with E-state index in [1.165, 1.54) is 18.2 Å². The van der Waals surface area contributed by atoms with Crippen LogP contribution >= 0.6 is 0 Å². The number of hydrogen-bond acceptors (Lipinski definition) is 5. The monoisotopic (exact) mass is 383 g/mol. The normalized spacial score (nSPS) is 11.9. The summed E-state index contributed by atoms with van der Waals surface area (Å²) >= 11 is 0. The van der Waals surface area contributed by atoms with Gasteiger partial charge in [0.05, 0.1) is 21.5 Å². The highest BCUT2D eigenvalue weighted by Crippen LogP contribution is 2.41. The van der Waals surface area contributed by atoms with Crippen molar-refractivity contribution in [3.05, 3.63) is 67.8 Å². The lowest BCUT2D eigenvalue weighted by Crippen LogP contribution is -2.16. The Morgan fingerprint density at radius 3 is 2.07 bits per heavy atom. The number of hydrogen-bond donors (Lipinski definition) is 1. The van der Waals surface area contributed by atoms with Gasteiger partial charge in [-0.05, 0) is 29.2 Å². The summed E-state index contributed by atoms with van der Waals surface area (Å²) in [5.74, 6) is 0. The summed E-state index contributed by atoms with van der Waals surface area (Å²) in [4.78, 5) is 21.0. The molecular weight excluding hydrogens is 367 g/mol. The van der Waals surface area contributed by atoms with Crippen LogP contribution in [0.25, 0.3) is 0 Å². The zero-order chi connectivity index (χ0) is 20.6. The van der Waals surface area contributed by atoms with Crippen LogP contribution in [0.1, 0.15) is 31.9 Å². The minimum Gasteiger partial charge on any atom is -0.350 e. The second-order valence-electron chi connectivity index (χ2n) is 6.86. The van der Waals surface area contributed by atoms with E-state index in [4.69, 9.17) is 0 Å². The number of anilines is 2. The van der Waals surface area contributed by atoms with Crippen molar-refractivity contribution in [2.45, 2.75) is 32.4 Å². The molecule has 1 N–H and O–H groups in total. The number of nitrogens with zero attached hydrogens (tertiary/aromatic N) is 2. The number of nitro benzene ring substituents is 2. The molecular formula is C17H16F3N3O4. The molecule has 2 aromatic carbocycles. The number of benzene rings is 2. The first-order chi connectivity index (χ1) is 12.3. The molecule has 7 nitrogen and oxygen atoms in total. The Kier molecular flexibility index (Phi) is 5.12. The third-order valence-electron chi connectivity index (χ3n) is 3.78. The van der Waals surface area contributed by atoms with Gasteiger partial charge in [0, 0.05) is 11.8 Å². The van der Waals surface area contributed by atoms with E-state index >= 15 is 0 Å². The van der Waals surface area contributed by atoms with Gasteiger partial charge in [-0.3, -0.25) is 20.2 Å². The van der Waals surface area contributed by atoms with Crippen molar-refractivity contribution in [1.29, 1.82) is 0 Å². The Labute approximate surface area is 152 Å². The largest absolute Gasteiger partial charge is 0.416 e. The van der Waals surface area contributed by atoms with Crippen LogP contribution in [0.5, 0.6) is 0 Å². The molecule has 0 aromatic heterocycles. The zero-order valence-corrected chi connectivity index (χ0v) is 14.6. The number of alkyl halides is 3. The SMILES string of the molecule is CC(C)(C)c1cc([N+](=O)[O-])cc([N+](=O)[O-])c1Nc1cccc(C(F)(F)F)c1. The van der Waals surface area contributed by atoms with Crippen LogP contribution in [0.3, 0.4) is 0 Å². The number of rotatable bonds is 4. The van der Waals surface area contributed by atoms with Crippen molar-refractivity contribution in [1.82, 2.24) is 0 Å². The molecule has 0 aliphatic heterocycles. The van der Waals surface area contributed by atoms with Crippen molar-refractivity contribution >= 4 is 22.7 Å². The lowest BCUT2D eigenvalue weighted by molar-refractivity contribution is -0.393. The van der Waals surface area contributed by atoms with E-state index in [0.717, 1.165) is 18.2 Å². The fourth-order valence-corrected chi connectivity index (χ4v) is 2.50. The standard InChI is InChI=1S/C17H16F3N3O4/c1-16(2,3)13-8-12(22(24)25)9-14(23(26)27)15(13)21-11-6-4-5-10(7-11)17(18,19)20/h4-9,21H,1-3H3. The van der Waals surface area contributed by atoms with E-state index in [0.29, 0.717) is 0 Å². The predicted molar refractivity (Wildman–Crippen MR) is 93.2 cm³/mol. The quantitative estimate of drug-likeness (QED) is 0.550. The van der Waals surface area contributed by atoms with Crippen molar-refractivity contribution in [2.24, 2.45) is 0 Å². The van der Waals surface area contributed by atoms with Crippen LogP contribution in [0, 0.1) is 20.2 Å². The molecule has 0 unspecified atom stereocenters. The summed E-state index contributed by atoms with van der Waals surface area (Å²) in [6, 6.07) is 6.15. The van der Waals surface area contributed by atoms with Crippen LogP contribution in [0.4, 0.5) is 35.9 Å². The van der Waals surface area contributed by atoms with E-state index in [1.54, 1.807) is 20.8 Å². The lowest BCUT2D eigenvalue weighted by atomic mass is 9.84. The first kappa shape index (κ1) is 20.1. The third kappa shape index (κ3) is 4.52. The van der Waals surface area contributed by atoms with Crippen LogP contribution < -0.4 is 5.32 Å². The summed E-state index contributed by atoms with van der Waals surface area (Å²) in [5.41, 5.74) is -2.60. The van der Waals surface area contributed by atoms with E-state index in [-0.39, 0.29) is 16.9 Å². The molecule has 0 amide bonds. The van der Waals surface area contributed by atoms with E-state index in [1.807, 2.05) is 0 Å². The molecule has 2 rings (SSSR count). The molecule has 2 aromatic rings. The average Bonchev–Trinajstić information content (AvgIpc) is 2.52. The Bertz CT molecular complexity index is 905. The predicted octanol–water partition coefficient (Wildman–Crippen LogP) is 5.56. The van der Waals surface area contributed by atoms with Crippen molar-refractivity contribution in [3.8, 4) is 0 Å². The van der Waals surface area contributed by atoms with Gasteiger partial charge in [0.2, 0.25) is 0 Å². The summed E-state index contributed by atoms with van der Waals surface area (Å²) < 4.78 is 38.7. The number of non-ortho nitro benzene ring substituents is 1. The van der Waals surface area contributed by atoms with Gasteiger partial charge in [0.25, 0.3) is 11.4 Å². The molecule has 0 aliphatic rings. The van der Waals surface area contributed by atoms with Gasteiger partial charge in [-0.25, -0.2) is 0 Å². The molecule has 0 radical (unpaired) electrons. The smallest absolute Gasteiger partial charge is 0.350 e. The Balaban J connectivity index is 2.68. The van der Waals surface area contributed by atoms with Crippen molar-refractivity contribution < 1.29 is 23.0 Å². The van der Waals surface area contributed by atoms with Gasteiger partial charge < -0.3 is 5.32 Å². The average molecular weight is 383 g/mol. The van der Waals surface area contributed by atoms with Crippen LogP contribution in [-0.2, 0) is 11.6 Å². The Hall–Kier alpha value is -3.17. The van der Waals surface area contributed by atoms with Crippen molar-refractivity contribution in [3.63, 3.8) is 0 Å². The van der Waals surface area contributed by atoms with Gasteiger partial charge in [-0.2, -0.15) is 13.2 Å². The molecule has 0 aliphatic carbocycles. The first-order valence-corrected chi connectivity index (χ1v) is 7.72. The maximum absolute atomic E-state index is 12.9. The minimum absolute atomic E-state index is 0.0210. The van der Waals surface area contributed by atoms with Crippen LogP contribution in [-0.4, -0.2) is 9.85 Å². The van der Waals surface area contributed by atoms with Gasteiger partial charge >= 0.3 is 6.18 Å². The van der Waals surface area contributed by atoms with Gasteiger partial charge in [0.1, 0.15) is 5.69 Å². The van der Waals surface area contributed by atoms with Crippen LogP contribution in [0.15, 0.2) is 36.4 Å². The number of nitro groups is 2. The van der Waals surface area contributed by atoms with Gasteiger partial charge in [0.15, 0.2) is 0 Å². The summed E-state index contributed by atoms with van der Waals surface area (Å²) in [5, 5.41) is 25.2. The molecule has 0 bridgehead atoms. The van der Waals surface area contributed by atoms with E-state index in [2.05, 4.69) is 5.32 Å². The molecule has 0 atom stereocenters. The minimum atomic E-state index is -4.58. The van der Waals surface area contributed by atoms with Crippen molar-refractivity contribution in [2.75, 3.05) is 5.32 Å². The van der Waals surface area contributed by atoms with Gasteiger partial charge in [-0.1, -0.05) is 26.8 Å². The maximum atomic E-state index is 12.9.